The van der Waals surface area contributed by atoms with Crippen molar-refractivity contribution in [2.75, 3.05) is 26.3 Å². The number of fused-ring (bicyclic) bond motifs is 3. The molecule has 202 valence electrons. The van der Waals surface area contributed by atoms with Crippen LogP contribution in [-0.2, 0) is 11.3 Å². The summed E-state index contributed by atoms with van der Waals surface area (Å²) >= 11 is 0. The fraction of sp³-hybridized carbons (Fsp3) is 0.455. The molecule has 0 radical (unpaired) electrons. The topological polar surface area (TPSA) is 103 Å². The van der Waals surface area contributed by atoms with Crippen molar-refractivity contribution in [1.29, 1.82) is 0 Å². The number of ether oxygens (including phenoxy) is 2. The lowest BCUT2D eigenvalue weighted by molar-refractivity contribution is -0.274. The first-order chi connectivity index (χ1) is 18.0. The third-order valence-electron chi connectivity index (χ3n) is 6.62. The first kappa shape index (κ1) is 24.5. The molecule has 6 rings (SSSR count). The molecule has 1 saturated carbocycles. The molecule has 10 nitrogen and oxygen atoms in total. The van der Waals surface area contributed by atoms with E-state index in [4.69, 9.17) is 4.74 Å². The van der Waals surface area contributed by atoms with Crippen LogP contribution in [0.5, 0.6) is 5.75 Å². The number of guanidine groups is 1. The van der Waals surface area contributed by atoms with Gasteiger partial charge in [-0.15, -0.1) is 13.2 Å². The molecule has 1 aromatic heterocycles. The van der Waals surface area contributed by atoms with E-state index in [1.165, 1.54) is 30.5 Å². The van der Waals surface area contributed by atoms with Crippen LogP contribution in [-0.4, -0.2) is 87.9 Å². The quantitative estimate of drug-likeness (QED) is 0.577. The van der Waals surface area contributed by atoms with Crippen molar-refractivity contribution < 1.29 is 35.8 Å². The zero-order chi connectivity index (χ0) is 26.7. The second kappa shape index (κ2) is 8.61. The van der Waals surface area contributed by atoms with Crippen molar-refractivity contribution in [3.8, 4) is 17.0 Å². The highest BCUT2D eigenvalue weighted by atomic mass is 19.4. The molecule has 0 spiro atoms. The van der Waals surface area contributed by atoms with Crippen LogP contribution in [0.1, 0.15) is 12.2 Å². The highest BCUT2D eigenvalue weighted by Crippen LogP contribution is 2.58. The van der Waals surface area contributed by atoms with Crippen LogP contribution in [0.3, 0.4) is 0 Å². The molecule has 3 aliphatic heterocycles. The molecule has 2 aromatic rings. The van der Waals surface area contributed by atoms with Crippen LogP contribution in [0.25, 0.3) is 11.3 Å². The van der Waals surface area contributed by atoms with Gasteiger partial charge in [0.1, 0.15) is 11.6 Å². The second-order valence-electron chi connectivity index (χ2n) is 9.03. The number of amidine groups is 2. The molecule has 1 aromatic carbocycles. The maximum Gasteiger partial charge on any atom is 0.573 e. The Morgan fingerprint density at radius 2 is 1.84 bits per heavy atom. The summed E-state index contributed by atoms with van der Waals surface area (Å²) in [6.07, 6.45) is -7.97. The van der Waals surface area contributed by atoms with E-state index in [1.54, 1.807) is 4.90 Å². The van der Waals surface area contributed by atoms with E-state index >= 15 is 0 Å². The zero-order valence-corrected chi connectivity index (χ0v) is 19.5. The number of halogens is 6. The van der Waals surface area contributed by atoms with Crippen LogP contribution < -0.4 is 10.2 Å². The summed E-state index contributed by atoms with van der Waals surface area (Å²) in [5.41, 5.74) is 1.75. The smallest absolute Gasteiger partial charge is 0.406 e. The number of morpholine rings is 1. The molecule has 38 heavy (non-hydrogen) atoms. The van der Waals surface area contributed by atoms with E-state index < -0.39 is 24.1 Å². The number of H-pyrrole nitrogens is 1. The summed E-state index contributed by atoms with van der Waals surface area (Å²) in [5, 5.41) is 1.03. The van der Waals surface area contributed by atoms with Gasteiger partial charge in [0.05, 0.1) is 37.7 Å². The van der Waals surface area contributed by atoms with Gasteiger partial charge in [-0.1, -0.05) is 0 Å². The number of rotatable bonds is 4. The molecular formula is C22H20F6N8O2. The van der Waals surface area contributed by atoms with E-state index in [9.17, 15) is 26.3 Å². The van der Waals surface area contributed by atoms with Gasteiger partial charge in [0.2, 0.25) is 5.96 Å². The van der Waals surface area contributed by atoms with Gasteiger partial charge in [-0.2, -0.15) is 18.2 Å². The molecule has 1 saturated heterocycles. The fourth-order valence-corrected chi connectivity index (χ4v) is 4.64. The third-order valence-corrected chi connectivity index (χ3v) is 6.62. The Kier molecular flexibility index (Phi) is 5.55. The number of benzene rings is 1. The normalized spacial score (nSPS) is 25.9. The Balaban J connectivity index is 1.23. The number of aliphatic imine (C=N–C) groups is 3. The Morgan fingerprint density at radius 1 is 1.11 bits per heavy atom. The van der Waals surface area contributed by atoms with Crippen molar-refractivity contribution in [3.05, 3.63) is 36.3 Å². The number of hydrogen-bond donors (Lipinski definition) is 2. The first-order valence-corrected chi connectivity index (χ1v) is 11.6. The lowest BCUT2D eigenvalue weighted by Crippen LogP contribution is -2.65. The summed E-state index contributed by atoms with van der Waals surface area (Å²) < 4.78 is 88.4. The SMILES string of the molecule is FC(F)(F)Oc1ccc(-c2cnc(CN=C3N=C(N4CCOCC4)NN4C3=NC3CC34C(F)(F)F)[nH]2)cc1. The minimum Gasteiger partial charge on any atom is -0.406 e. The van der Waals surface area contributed by atoms with E-state index in [2.05, 4.69) is 35.1 Å². The molecule has 2 unspecified atom stereocenters. The summed E-state index contributed by atoms with van der Waals surface area (Å²) in [6, 6.07) is 4.28. The lowest BCUT2D eigenvalue weighted by atomic mass is 10.2. The first-order valence-electron chi connectivity index (χ1n) is 11.6. The van der Waals surface area contributed by atoms with Gasteiger partial charge in [-0.25, -0.2) is 9.99 Å². The molecule has 2 fully saturated rings. The number of aromatic amines is 1. The van der Waals surface area contributed by atoms with Crippen molar-refractivity contribution in [1.82, 2.24) is 25.3 Å². The minimum absolute atomic E-state index is 0.0163. The number of hydrazine groups is 1. The average Bonchev–Trinajstić information content (AvgIpc) is 3.25. The van der Waals surface area contributed by atoms with Crippen molar-refractivity contribution in [3.63, 3.8) is 0 Å². The monoisotopic (exact) mass is 542 g/mol. The molecule has 4 heterocycles. The van der Waals surface area contributed by atoms with Gasteiger partial charge in [-0.3, -0.25) is 15.4 Å². The molecule has 1 aliphatic carbocycles. The van der Waals surface area contributed by atoms with Gasteiger partial charge < -0.3 is 19.4 Å². The number of nitrogens with zero attached hydrogens (tertiary/aromatic N) is 6. The van der Waals surface area contributed by atoms with Crippen LogP contribution in [0.2, 0.25) is 0 Å². The van der Waals surface area contributed by atoms with Crippen LogP contribution in [0.15, 0.2) is 45.4 Å². The van der Waals surface area contributed by atoms with Gasteiger partial charge >= 0.3 is 12.5 Å². The number of hydrogen-bond acceptors (Lipinski definition) is 8. The Morgan fingerprint density at radius 3 is 2.53 bits per heavy atom. The fourth-order valence-electron chi connectivity index (χ4n) is 4.64. The van der Waals surface area contributed by atoms with Crippen LogP contribution in [0.4, 0.5) is 26.3 Å². The van der Waals surface area contributed by atoms with Gasteiger partial charge in [0.25, 0.3) is 0 Å². The maximum atomic E-state index is 14.0. The molecular weight excluding hydrogens is 522 g/mol. The Bertz CT molecular complexity index is 1310. The standard InChI is InChI=1S/C22H20F6N8O2/c23-21(24,25)20-9-15(20)32-18-17(33-19(34-36(18)20)35-5-7-37-8-6-35)30-11-16-29-10-14(31-16)12-1-3-13(4-2-12)38-22(26,27)28/h1-4,10,15H,5-9,11H2,(H,29,31)(H,30,33,34). The van der Waals surface area contributed by atoms with Gasteiger partial charge in [-0.05, 0) is 29.8 Å². The molecule has 0 amide bonds. The Labute approximate surface area is 211 Å². The predicted octanol–water partition coefficient (Wildman–Crippen LogP) is 2.87. The number of nitrogens with one attached hydrogen (secondary N) is 2. The summed E-state index contributed by atoms with van der Waals surface area (Å²) in [4.78, 5) is 22.2. The largest absolute Gasteiger partial charge is 0.573 e. The average molecular weight is 542 g/mol. The highest BCUT2D eigenvalue weighted by Gasteiger charge is 2.79. The molecule has 2 N–H and O–H groups in total. The summed E-state index contributed by atoms with van der Waals surface area (Å²) in [7, 11) is 0. The molecule has 0 bridgehead atoms. The molecule has 2 atom stereocenters. The van der Waals surface area contributed by atoms with Crippen molar-refractivity contribution in [2.45, 2.75) is 37.1 Å². The van der Waals surface area contributed by atoms with Crippen LogP contribution in [0, 0.1) is 0 Å². The maximum absolute atomic E-state index is 14.0. The predicted molar refractivity (Wildman–Crippen MR) is 121 cm³/mol. The van der Waals surface area contributed by atoms with E-state index in [1.807, 2.05) is 0 Å². The van der Waals surface area contributed by atoms with E-state index in [0.717, 1.165) is 5.01 Å². The zero-order valence-electron chi connectivity index (χ0n) is 19.5. The summed E-state index contributed by atoms with van der Waals surface area (Å²) in [6.45, 7) is 1.70. The van der Waals surface area contributed by atoms with E-state index in [0.29, 0.717) is 43.4 Å². The van der Waals surface area contributed by atoms with Gasteiger partial charge in [0.15, 0.2) is 17.2 Å². The Hall–Kier alpha value is -3.82. The molecule has 4 aliphatic rings. The number of alkyl halides is 6. The second-order valence-corrected chi connectivity index (χ2v) is 9.03. The highest BCUT2D eigenvalue weighted by molar-refractivity contribution is 6.44. The summed E-state index contributed by atoms with van der Waals surface area (Å²) in [5.74, 6) is 0.327. The third kappa shape index (κ3) is 4.31. The van der Waals surface area contributed by atoms with Crippen molar-refractivity contribution in [2.24, 2.45) is 15.0 Å². The van der Waals surface area contributed by atoms with Crippen molar-refractivity contribution >= 4 is 17.6 Å². The van der Waals surface area contributed by atoms with Crippen LogP contribution >= 0.6 is 0 Å². The minimum atomic E-state index is -4.79. The lowest BCUT2D eigenvalue weighted by Gasteiger charge is -2.39. The van der Waals surface area contributed by atoms with E-state index in [-0.39, 0.29) is 36.3 Å². The number of aromatic nitrogens is 2. The molecule has 16 heteroatoms. The number of imidazole rings is 1. The van der Waals surface area contributed by atoms with Gasteiger partial charge in [0, 0.05) is 19.5 Å².